The van der Waals surface area contributed by atoms with Crippen LogP contribution in [0.2, 0.25) is 0 Å². The minimum Gasteiger partial charge on any atom is -0.507 e. The number of aliphatic hydroxyl groups is 1. The number of aryl methyl sites for hydroxylation is 1. The minimum atomic E-state index is -0.343. The van der Waals surface area contributed by atoms with Crippen molar-refractivity contribution in [3.63, 3.8) is 0 Å². The third kappa shape index (κ3) is 2.15. The van der Waals surface area contributed by atoms with Crippen LogP contribution in [0.25, 0.3) is 11.0 Å². The fraction of sp³-hybridized carbons (Fsp3) is 0.438. The lowest BCUT2D eigenvalue weighted by Crippen LogP contribution is -2.32. The van der Waals surface area contributed by atoms with Crippen molar-refractivity contribution in [1.82, 2.24) is 4.90 Å². The van der Waals surface area contributed by atoms with Crippen molar-refractivity contribution in [2.45, 2.75) is 25.3 Å². The summed E-state index contributed by atoms with van der Waals surface area (Å²) in [5, 5.41) is 30.0. The molecular formula is C16H19NO5. The van der Waals surface area contributed by atoms with Gasteiger partial charge in [0, 0.05) is 29.7 Å². The summed E-state index contributed by atoms with van der Waals surface area (Å²) in [6.45, 7) is 2.36. The molecule has 3 N–H and O–H groups in total. The molecule has 1 aromatic carbocycles. The largest absolute Gasteiger partial charge is 0.507 e. The lowest BCUT2D eigenvalue weighted by Gasteiger charge is -2.24. The molecule has 2 atom stereocenters. The second-order valence-corrected chi connectivity index (χ2v) is 5.88. The van der Waals surface area contributed by atoms with E-state index in [1.54, 1.807) is 6.92 Å². The van der Waals surface area contributed by atoms with E-state index < -0.39 is 0 Å². The van der Waals surface area contributed by atoms with Gasteiger partial charge in [-0.1, -0.05) is 0 Å². The predicted molar refractivity (Wildman–Crippen MR) is 81.4 cm³/mol. The van der Waals surface area contributed by atoms with Gasteiger partial charge in [-0.2, -0.15) is 0 Å². The molecule has 2 aromatic rings. The number of aromatic hydroxyl groups is 2. The van der Waals surface area contributed by atoms with Crippen LogP contribution in [0.5, 0.6) is 11.5 Å². The molecule has 0 bridgehead atoms. The van der Waals surface area contributed by atoms with Gasteiger partial charge < -0.3 is 24.6 Å². The van der Waals surface area contributed by atoms with Crippen LogP contribution in [-0.4, -0.2) is 46.5 Å². The Morgan fingerprint density at radius 3 is 2.73 bits per heavy atom. The molecule has 1 aromatic heterocycles. The van der Waals surface area contributed by atoms with Crippen LogP contribution in [0.15, 0.2) is 21.3 Å². The molecule has 0 amide bonds. The monoisotopic (exact) mass is 305 g/mol. The Balaban J connectivity index is 2.32. The van der Waals surface area contributed by atoms with Gasteiger partial charge in [-0.05, 0) is 26.9 Å². The van der Waals surface area contributed by atoms with E-state index in [0.29, 0.717) is 11.3 Å². The number of likely N-dealkylation sites (N-methyl/N-ethyl adjacent to an activating group) is 1. The van der Waals surface area contributed by atoms with Crippen LogP contribution in [0.1, 0.15) is 23.7 Å². The first-order valence-electron chi connectivity index (χ1n) is 7.24. The number of rotatable bonds is 2. The number of nitrogens with zero attached hydrogens (tertiary/aromatic N) is 1. The number of fused-ring (bicyclic) bond motifs is 1. The van der Waals surface area contributed by atoms with Crippen molar-refractivity contribution < 1.29 is 19.7 Å². The van der Waals surface area contributed by atoms with Crippen molar-refractivity contribution in [3.8, 4) is 11.5 Å². The fourth-order valence-electron chi connectivity index (χ4n) is 3.41. The highest BCUT2D eigenvalue weighted by molar-refractivity contribution is 5.88. The normalized spacial score (nSPS) is 22.5. The summed E-state index contributed by atoms with van der Waals surface area (Å²) in [5.74, 6) is -0.159. The maximum atomic E-state index is 12.2. The van der Waals surface area contributed by atoms with Crippen LogP contribution in [-0.2, 0) is 0 Å². The first-order chi connectivity index (χ1) is 10.4. The van der Waals surface area contributed by atoms with E-state index in [9.17, 15) is 20.1 Å². The third-order valence-electron chi connectivity index (χ3n) is 4.50. The highest BCUT2D eigenvalue weighted by atomic mass is 16.3. The molecule has 3 rings (SSSR count). The Bertz CT molecular complexity index is 782. The predicted octanol–water partition coefficient (Wildman–Crippen LogP) is 1.29. The molecule has 2 heterocycles. The first-order valence-corrected chi connectivity index (χ1v) is 7.24. The van der Waals surface area contributed by atoms with E-state index in [1.807, 2.05) is 11.9 Å². The van der Waals surface area contributed by atoms with E-state index in [-0.39, 0.29) is 46.5 Å². The van der Waals surface area contributed by atoms with Crippen molar-refractivity contribution in [1.29, 1.82) is 0 Å². The first kappa shape index (κ1) is 14.9. The van der Waals surface area contributed by atoms with Crippen LogP contribution in [0.3, 0.4) is 0 Å². The summed E-state index contributed by atoms with van der Waals surface area (Å²) < 4.78 is 5.66. The average Bonchev–Trinajstić information content (AvgIpc) is 2.78. The van der Waals surface area contributed by atoms with Crippen molar-refractivity contribution in [3.05, 3.63) is 33.7 Å². The van der Waals surface area contributed by atoms with Crippen molar-refractivity contribution in [2.75, 3.05) is 20.2 Å². The molecule has 6 nitrogen and oxygen atoms in total. The number of hydrogen-bond acceptors (Lipinski definition) is 6. The molecule has 118 valence electrons. The Labute approximate surface area is 127 Å². The van der Waals surface area contributed by atoms with Crippen molar-refractivity contribution >= 4 is 11.0 Å². The SMILES string of the molecule is Cc1cc(=O)c2c(O)cc(O)c(C3CCN(C)C3CO)c2o1. The second-order valence-electron chi connectivity index (χ2n) is 5.88. The van der Waals surface area contributed by atoms with Crippen LogP contribution in [0.4, 0.5) is 0 Å². The summed E-state index contributed by atoms with van der Waals surface area (Å²) in [4.78, 5) is 14.2. The van der Waals surface area contributed by atoms with E-state index in [4.69, 9.17) is 4.42 Å². The van der Waals surface area contributed by atoms with Crippen LogP contribution < -0.4 is 5.43 Å². The lowest BCUT2D eigenvalue weighted by molar-refractivity contribution is 0.172. The van der Waals surface area contributed by atoms with E-state index in [1.165, 1.54) is 12.1 Å². The maximum Gasteiger partial charge on any atom is 0.196 e. The standard InChI is InChI=1S/C16H19NO5/c1-8-5-11(19)15-13(21)6-12(20)14(16(15)22-8)9-3-4-17(2)10(9)7-18/h5-6,9-10,18,20-21H,3-4,7H2,1-2H3. The molecule has 1 aliphatic heterocycles. The van der Waals surface area contributed by atoms with Crippen LogP contribution >= 0.6 is 0 Å². The molecule has 1 saturated heterocycles. The highest BCUT2D eigenvalue weighted by Gasteiger charge is 2.36. The topological polar surface area (TPSA) is 94.1 Å². The highest BCUT2D eigenvalue weighted by Crippen LogP contribution is 2.43. The van der Waals surface area contributed by atoms with Crippen LogP contribution in [0, 0.1) is 6.92 Å². The molecule has 0 aliphatic carbocycles. The molecule has 6 heteroatoms. The van der Waals surface area contributed by atoms with E-state index in [0.717, 1.165) is 13.0 Å². The summed E-state index contributed by atoms with van der Waals surface area (Å²) in [7, 11) is 1.90. The van der Waals surface area contributed by atoms with Gasteiger partial charge in [0.05, 0.1) is 6.61 Å². The smallest absolute Gasteiger partial charge is 0.196 e. The second kappa shape index (κ2) is 5.30. The average molecular weight is 305 g/mol. The number of phenolic OH excluding ortho intramolecular Hbond substituents is 2. The lowest BCUT2D eigenvalue weighted by atomic mass is 9.89. The Hall–Kier alpha value is -2.05. The molecular weight excluding hydrogens is 286 g/mol. The number of phenols is 2. The zero-order valence-electron chi connectivity index (χ0n) is 12.5. The molecule has 1 fully saturated rings. The Morgan fingerprint density at radius 1 is 1.32 bits per heavy atom. The summed E-state index contributed by atoms with van der Waals surface area (Å²) in [5.41, 5.74) is 0.350. The minimum absolute atomic E-state index is 0.0565. The molecule has 2 unspecified atom stereocenters. The number of hydrogen-bond donors (Lipinski definition) is 3. The number of benzene rings is 1. The van der Waals surface area contributed by atoms with Gasteiger partial charge in [-0.3, -0.25) is 4.79 Å². The maximum absolute atomic E-state index is 12.2. The third-order valence-corrected chi connectivity index (χ3v) is 4.50. The number of likely N-dealkylation sites (tertiary alicyclic amines) is 1. The summed E-state index contributed by atoms with van der Waals surface area (Å²) >= 11 is 0. The Kier molecular flexibility index (Phi) is 3.58. The van der Waals surface area contributed by atoms with Gasteiger partial charge in [0.2, 0.25) is 0 Å². The summed E-state index contributed by atoms with van der Waals surface area (Å²) in [6, 6.07) is 2.33. The van der Waals surface area contributed by atoms with Gasteiger partial charge in [0.1, 0.15) is 28.2 Å². The molecule has 22 heavy (non-hydrogen) atoms. The zero-order valence-corrected chi connectivity index (χ0v) is 12.5. The Morgan fingerprint density at radius 2 is 2.05 bits per heavy atom. The molecule has 0 spiro atoms. The van der Waals surface area contributed by atoms with Gasteiger partial charge in [-0.15, -0.1) is 0 Å². The number of aliphatic hydroxyl groups excluding tert-OH is 1. The van der Waals surface area contributed by atoms with Gasteiger partial charge in [0.15, 0.2) is 5.43 Å². The van der Waals surface area contributed by atoms with E-state index >= 15 is 0 Å². The zero-order chi connectivity index (χ0) is 16.0. The van der Waals surface area contributed by atoms with Crippen molar-refractivity contribution in [2.24, 2.45) is 0 Å². The van der Waals surface area contributed by atoms with Gasteiger partial charge >= 0.3 is 0 Å². The summed E-state index contributed by atoms with van der Waals surface area (Å²) in [6.07, 6.45) is 0.729. The molecule has 0 saturated carbocycles. The van der Waals surface area contributed by atoms with E-state index in [2.05, 4.69) is 0 Å². The quantitative estimate of drug-likeness (QED) is 0.774. The van der Waals surface area contributed by atoms with Gasteiger partial charge in [0.25, 0.3) is 0 Å². The molecule has 1 aliphatic rings. The van der Waals surface area contributed by atoms with Gasteiger partial charge in [-0.25, -0.2) is 0 Å². The molecule has 0 radical (unpaired) electrons. The fourth-order valence-corrected chi connectivity index (χ4v) is 3.41.